The van der Waals surface area contributed by atoms with Crippen LogP contribution in [0.1, 0.15) is 38.2 Å². The highest BCUT2D eigenvalue weighted by molar-refractivity contribution is 5.51. The number of alkyl halides is 3. The second-order valence-corrected chi connectivity index (χ2v) is 5.43. The Labute approximate surface area is 122 Å². The lowest BCUT2D eigenvalue weighted by molar-refractivity contribution is -0.137. The van der Waals surface area contributed by atoms with Crippen LogP contribution in [0.15, 0.2) is 12.1 Å². The molecule has 0 saturated carbocycles. The number of aromatic nitrogens is 1. The summed E-state index contributed by atoms with van der Waals surface area (Å²) < 4.78 is 38.8. The standard InChI is InChI=1S/C14H21F3N4/c1-2-10-4-3-6-21(7-5-10)13-9-11(14(15,16)17)8-12(19-13)20-18/h8-10H,2-7,18H2,1H3,(H,19,20). The molecule has 1 aliphatic rings. The molecule has 1 aromatic heterocycles. The van der Waals surface area contributed by atoms with Gasteiger partial charge in [0.15, 0.2) is 0 Å². The third kappa shape index (κ3) is 4.00. The summed E-state index contributed by atoms with van der Waals surface area (Å²) in [7, 11) is 0. The smallest absolute Gasteiger partial charge is 0.357 e. The molecule has 2 rings (SSSR count). The molecule has 1 aromatic rings. The summed E-state index contributed by atoms with van der Waals surface area (Å²) in [6.07, 6.45) is -0.212. The fourth-order valence-electron chi connectivity index (χ4n) is 2.72. The Morgan fingerprint density at radius 2 is 2.10 bits per heavy atom. The number of rotatable bonds is 3. The number of hydrogen-bond acceptors (Lipinski definition) is 4. The number of hydrogen-bond donors (Lipinski definition) is 2. The van der Waals surface area contributed by atoms with Crippen molar-refractivity contribution in [2.45, 2.75) is 38.8 Å². The van der Waals surface area contributed by atoms with Gasteiger partial charge in [-0.3, -0.25) is 0 Å². The first kappa shape index (κ1) is 15.9. The molecule has 1 aliphatic heterocycles. The highest BCUT2D eigenvalue weighted by Crippen LogP contribution is 2.33. The van der Waals surface area contributed by atoms with Crippen molar-refractivity contribution in [1.82, 2.24) is 4.98 Å². The van der Waals surface area contributed by atoms with Crippen LogP contribution in [0.25, 0.3) is 0 Å². The Morgan fingerprint density at radius 3 is 2.71 bits per heavy atom. The lowest BCUT2D eigenvalue weighted by Gasteiger charge is -2.23. The Kier molecular flexibility index (Phi) is 4.92. The van der Waals surface area contributed by atoms with Crippen molar-refractivity contribution >= 4 is 11.6 Å². The minimum absolute atomic E-state index is 0.0381. The number of hydrazine groups is 1. The predicted molar refractivity (Wildman–Crippen MR) is 76.9 cm³/mol. The number of anilines is 2. The molecule has 4 nitrogen and oxygen atoms in total. The molecule has 0 aliphatic carbocycles. The monoisotopic (exact) mass is 302 g/mol. The van der Waals surface area contributed by atoms with Crippen molar-refractivity contribution in [1.29, 1.82) is 0 Å². The van der Waals surface area contributed by atoms with Crippen LogP contribution in [0.3, 0.4) is 0 Å². The SMILES string of the molecule is CCC1CCCN(c2cc(C(F)(F)F)cc(NN)n2)CC1. The second kappa shape index (κ2) is 6.51. The number of nitrogen functional groups attached to an aromatic ring is 1. The van der Waals surface area contributed by atoms with Crippen molar-refractivity contribution in [2.75, 3.05) is 23.4 Å². The molecule has 118 valence electrons. The summed E-state index contributed by atoms with van der Waals surface area (Å²) in [5.41, 5.74) is 1.49. The van der Waals surface area contributed by atoms with Crippen LogP contribution in [0.2, 0.25) is 0 Å². The molecule has 1 unspecified atom stereocenters. The number of halogens is 3. The van der Waals surface area contributed by atoms with E-state index < -0.39 is 11.7 Å². The first-order valence-electron chi connectivity index (χ1n) is 7.25. The highest BCUT2D eigenvalue weighted by Gasteiger charge is 2.32. The van der Waals surface area contributed by atoms with E-state index in [-0.39, 0.29) is 5.82 Å². The van der Waals surface area contributed by atoms with Crippen LogP contribution in [0.5, 0.6) is 0 Å². The van der Waals surface area contributed by atoms with Crippen molar-refractivity contribution in [3.63, 3.8) is 0 Å². The zero-order valence-electron chi connectivity index (χ0n) is 12.1. The van der Waals surface area contributed by atoms with Crippen molar-refractivity contribution in [2.24, 2.45) is 11.8 Å². The molecule has 1 fully saturated rings. The topological polar surface area (TPSA) is 54.2 Å². The zero-order valence-corrected chi connectivity index (χ0v) is 12.1. The summed E-state index contributed by atoms with van der Waals surface area (Å²) in [6.45, 7) is 3.62. The van der Waals surface area contributed by atoms with E-state index in [1.54, 1.807) is 0 Å². The van der Waals surface area contributed by atoms with E-state index in [0.29, 0.717) is 11.7 Å². The lowest BCUT2D eigenvalue weighted by Crippen LogP contribution is -2.26. The molecule has 2 heterocycles. The van der Waals surface area contributed by atoms with Gasteiger partial charge in [-0.15, -0.1) is 0 Å². The largest absolute Gasteiger partial charge is 0.416 e. The Hall–Kier alpha value is -1.50. The van der Waals surface area contributed by atoms with Crippen LogP contribution in [-0.4, -0.2) is 18.1 Å². The van der Waals surface area contributed by atoms with E-state index >= 15 is 0 Å². The Morgan fingerprint density at radius 1 is 1.33 bits per heavy atom. The minimum Gasteiger partial charge on any atom is -0.357 e. The number of nitrogens with zero attached hydrogens (tertiary/aromatic N) is 2. The van der Waals surface area contributed by atoms with Gasteiger partial charge in [0.05, 0.1) is 5.56 Å². The van der Waals surface area contributed by atoms with E-state index in [1.165, 1.54) is 0 Å². The quantitative estimate of drug-likeness (QED) is 0.664. The zero-order chi connectivity index (χ0) is 15.5. The molecule has 21 heavy (non-hydrogen) atoms. The third-order valence-corrected chi connectivity index (χ3v) is 4.04. The van der Waals surface area contributed by atoms with Gasteiger partial charge in [-0.1, -0.05) is 13.3 Å². The van der Waals surface area contributed by atoms with E-state index in [4.69, 9.17) is 5.84 Å². The fourth-order valence-corrected chi connectivity index (χ4v) is 2.72. The molecule has 7 heteroatoms. The Balaban J connectivity index is 2.26. The van der Waals surface area contributed by atoms with E-state index in [9.17, 15) is 13.2 Å². The van der Waals surface area contributed by atoms with Gasteiger partial charge in [0, 0.05) is 13.1 Å². The molecular formula is C14H21F3N4. The van der Waals surface area contributed by atoms with Gasteiger partial charge in [0.2, 0.25) is 0 Å². The Bertz CT molecular complexity index is 476. The normalized spacial score (nSPS) is 20.2. The maximum atomic E-state index is 12.9. The van der Waals surface area contributed by atoms with Gasteiger partial charge in [0.1, 0.15) is 11.6 Å². The van der Waals surface area contributed by atoms with Gasteiger partial charge >= 0.3 is 6.18 Å². The molecule has 1 saturated heterocycles. The molecule has 1 atom stereocenters. The molecule has 0 amide bonds. The average Bonchev–Trinajstić information content (AvgIpc) is 2.71. The van der Waals surface area contributed by atoms with Crippen LogP contribution < -0.4 is 16.2 Å². The van der Waals surface area contributed by atoms with E-state index in [0.717, 1.165) is 50.9 Å². The van der Waals surface area contributed by atoms with Crippen molar-refractivity contribution < 1.29 is 13.2 Å². The average molecular weight is 302 g/mol. The summed E-state index contributed by atoms with van der Waals surface area (Å²) in [5, 5.41) is 0. The van der Waals surface area contributed by atoms with Crippen LogP contribution >= 0.6 is 0 Å². The van der Waals surface area contributed by atoms with E-state index in [1.807, 2.05) is 4.90 Å². The molecule has 0 radical (unpaired) electrons. The van der Waals surface area contributed by atoms with Gasteiger partial charge in [-0.25, -0.2) is 10.8 Å². The van der Waals surface area contributed by atoms with E-state index in [2.05, 4.69) is 17.3 Å². The van der Waals surface area contributed by atoms with Gasteiger partial charge in [0.25, 0.3) is 0 Å². The summed E-state index contributed by atoms with van der Waals surface area (Å²) in [5.74, 6) is 6.26. The number of nitrogens with two attached hydrogens (primary N) is 1. The predicted octanol–water partition coefficient (Wildman–Crippen LogP) is 3.40. The van der Waals surface area contributed by atoms with Crippen LogP contribution in [-0.2, 0) is 6.18 Å². The molecule has 0 aromatic carbocycles. The molecule has 0 spiro atoms. The molecule has 0 bridgehead atoms. The summed E-state index contributed by atoms with van der Waals surface area (Å²) in [4.78, 5) is 6.09. The lowest BCUT2D eigenvalue weighted by atomic mass is 9.98. The number of pyridine rings is 1. The maximum absolute atomic E-state index is 12.9. The maximum Gasteiger partial charge on any atom is 0.416 e. The van der Waals surface area contributed by atoms with Gasteiger partial charge < -0.3 is 10.3 Å². The van der Waals surface area contributed by atoms with Crippen LogP contribution in [0.4, 0.5) is 24.8 Å². The number of nitrogens with one attached hydrogen (secondary N) is 1. The third-order valence-electron chi connectivity index (χ3n) is 4.04. The molecular weight excluding hydrogens is 281 g/mol. The fraction of sp³-hybridized carbons (Fsp3) is 0.643. The first-order chi connectivity index (χ1) is 9.94. The highest BCUT2D eigenvalue weighted by atomic mass is 19.4. The summed E-state index contributed by atoms with van der Waals surface area (Å²) >= 11 is 0. The van der Waals surface area contributed by atoms with Gasteiger partial charge in [-0.2, -0.15) is 13.2 Å². The summed E-state index contributed by atoms with van der Waals surface area (Å²) in [6, 6.07) is 2.03. The molecule has 3 N–H and O–H groups in total. The van der Waals surface area contributed by atoms with Gasteiger partial charge in [-0.05, 0) is 37.3 Å². The van der Waals surface area contributed by atoms with Crippen molar-refractivity contribution in [3.05, 3.63) is 17.7 Å². The van der Waals surface area contributed by atoms with Crippen LogP contribution in [0, 0.1) is 5.92 Å². The van der Waals surface area contributed by atoms with Crippen molar-refractivity contribution in [3.8, 4) is 0 Å². The minimum atomic E-state index is -4.40. The first-order valence-corrected chi connectivity index (χ1v) is 7.25. The second-order valence-electron chi connectivity index (χ2n) is 5.43.